The third-order valence-electron chi connectivity index (χ3n) is 3.06. The number of esters is 1. The number of benzene rings is 2. The van der Waals surface area contributed by atoms with E-state index < -0.39 is 5.97 Å². The van der Waals surface area contributed by atoms with E-state index >= 15 is 0 Å². The summed E-state index contributed by atoms with van der Waals surface area (Å²) >= 11 is 10.2. The second-order valence-corrected chi connectivity index (χ2v) is 7.86. The number of hydrogen-bond acceptors (Lipinski definition) is 3. The molecule has 122 valence electrons. The molecule has 0 radical (unpaired) electrons. The third kappa shape index (κ3) is 5.33. The van der Waals surface area contributed by atoms with Crippen LogP contribution in [0.1, 0.15) is 25.3 Å². The van der Waals surface area contributed by atoms with Gasteiger partial charge in [0.2, 0.25) is 0 Å². The minimum absolute atomic E-state index is 0.159. The van der Waals surface area contributed by atoms with E-state index in [4.69, 9.17) is 9.47 Å². The van der Waals surface area contributed by atoms with Gasteiger partial charge in [-0.25, -0.2) is 4.79 Å². The van der Waals surface area contributed by atoms with Gasteiger partial charge in [0.1, 0.15) is 11.5 Å². The lowest BCUT2D eigenvalue weighted by Crippen LogP contribution is -2.18. The van der Waals surface area contributed by atoms with Crippen molar-refractivity contribution in [1.82, 2.24) is 0 Å². The SMILES string of the molecule is CC(C)c1cc(Br)ccc1OC(=O)COc1ccc(Br)cc1Br. The first-order chi connectivity index (χ1) is 10.9. The van der Waals surface area contributed by atoms with E-state index in [-0.39, 0.29) is 12.5 Å². The first-order valence-electron chi connectivity index (χ1n) is 6.95. The summed E-state index contributed by atoms with van der Waals surface area (Å²) in [7, 11) is 0. The first kappa shape index (κ1) is 18.5. The van der Waals surface area contributed by atoms with Gasteiger partial charge in [-0.1, -0.05) is 45.7 Å². The minimum atomic E-state index is -0.441. The molecule has 0 saturated carbocycles. The van der Waals surface area contributed by atoms with Gasteiger partial charge in [-0.3, -0.25) is 0 Å². The van der Waals surface area contributed by atoms with Crippen molar-refractivity contribution in [3.05, 3.63) is 55.4 Å². The lowest BCUT2D eigenvalue weighted by Gasteiger charge is -2.14. The normalized spacial score (nSPS) is 10.7. The Morgan fingerprint density at radius 2 is 1.61 bits per heavy atom. The topological polar surface area (TPSA) is 35.5 Å². The third-order valence-corrected chi connectivity index (χ3v) is 4.66. The molecule has 0 fully saturated rings. The van der Waals surface area contributed by atoms with Crippen molar-refractivity contribution in [3.8, 4) is 11.5 Å². The lowest BCUT2D eigenvalue weighted by molar-refractivity contribution is -0.136. The second kappa shape index (κ2) is 8.31. The highest BCUT2D eigenvalue weighted by Crippen LogP contribution is 2.30. The summed E-state index contributed by atoms with van der Waals surface area (Å²) in [5, 5.41) is 0. The fraction of sp³-hybridized carbons (Fsp3) is 0.235. The zero-order chi connectivity index (χ0) is 17.0. The Bertz CT molecular complexity index is 714. The maximum Gasteiger partial charge on any atom is 0.349 e. The molecule has 2 aromatic carbocycles. The molecule has 23 heavy (non-hydrogen) atoms. The largest absolute Gasteiger partial charge is 0.481 e. The Labute approximate surface area is 160 Å². The van der Waals surface area contributed by atoms with Gasteiger partial charge in [-0.15, -0.1) is 0 Å². The van der Waals surface area contributed by atoms with Crippen LogP contribution in [-0.4, -0.2) is 12.6 Å². The van der Waals surface area contributed by atoms with Gasteiger partial charge >= 0.3 is 5.97 Å². The zero-order valence-corrected chi connectivity index (χ0v) is 17.4. The number of halogens is 3. The lowest BCUT2D eigenvalue weighted by atomic mass is 10.0. The molecular weight excluding hydrogens is 492 g/mol. The molecule has 0 aliphatic carbocycles. The second-order valence-electron chi connectivity index (χ2n) is 5.17. The van der Waals surface area contributed by atoms with Crippen LogP contribution in [0, 0.1) is 0 Å². The standard InChI is InChI=1S/C17H15Br3O3/c1-10(2)13-7-11(18)3-5-15(13)23-17(21)9-22-16-6-4-12(19)8-14(16)20/h3-8,10H,9H2,1-2H3. The summed E-state index contributed by atoms with van der Waals surface area (Å²) < 4.78 is 13.6. The summed E-state index contributed by atoms with van der Waals surface area (Å²) in [4.78, 5) is 12.0. The fourth-order valence-electron chi connectivity index (χ4n) is 1.94. The number of rotatable bonds is 5. The maximum atomic E-state index is 12.0. The average Bonchev–Trinajstić information content (AvgIpc) is 2.48. The maximum absolute atomic E-state index is 12.0. The molecule has 0 atom stereocenters. The molecule has 0 bridgehead atoms. The van der Waals surface area contributed by atoms with Gasteiger partial charge < -0.3 is 9.47 Å². The highest BCUT2D eigenvalue weighted by molar-refractivity contribution is 9.11. The molecule has 6 heteroatoms. The Kier molecular flexibility index (Phi) is 6.68. The molecule has 0 aromatic heterocycles. The number of carbonyl (C=O) groups excluding carboxylic acids is 1. The van der Waals surface area contributed by atoms with Gasteiger partial charge in [-0.05, 0) is 63.8 Å². The van der Waals surface area contributed by atoms with Crippen LogP contribution in [0.4, 0.5) is 0 Å². The molecule has 2 rings (SSSR count). The van der Waals surface area contributed by atoms with Gasteiger partial charge in [0.05, 0.1) is 4.47 Å². The fourth-order valence-corrected chi connectivity index (χ4v) is 3.48. The van der Waals surface area contributed by atoms with Crippen LogP contribution >= 0.6 is 47.8 Å². The average molecular weight is 507 g/mol. The van der Waals surface area contributed by atoms with E-state index in [1.165, 1.54) is 0 Å². The first-order valence-corrected chi connectivity index (χ1v) is 9.32. The van der Waals surface area contributed by atoms with E-state index in [0.717, 1.165) is 19.0 Å². The van der Waals surface area contributed by atoms with E-state index in [9.17, 15) is 4.79 Å². The molecule has 0 unspecified atom stereocenters. The van der Waals surface area contributed by atoms with Gasteiger partial charge in [0, 0.05) is 8.95 Å². The molecule has 0 aliphatic rings. The van der Waals surface area contributed by atoms with Crippen molar-refractivity contribution in [2.75, 3.05) is 6.61 Å². The predicted molar refractivity (Wildman–Crippen MR) is 101 cm³/mol. The Hall–Kier alpha value is -0.850. The van der Waals surface area contributed by atoms with Crippen LogP contribution < -0.4 is 9.47 Å². The molecular formula is C17H15Br3O3. The molecule has 0 N–H and O–H groups in total. The molecule has 0 spiro atoms. The van der Waals surface area contributed by atoms with Crippen molar-refractivity contribution in [3.63, 3.8) is 0 Å². The van der Waals surface area contributed by atoms with E-state index in [1.54, 1.807) is 12.1 Å². The smallest absolute Gasteiger partial charge is 0.349 e. The van der Waals surface area contributed by atoms with Crippen molar-refractivity contribution in [1.29, 1.82) is 0 Å². The van der Waals surface area contributed by atoms with Crippen LogP contribution in [0.15, 0.2) is 49.8 Å². The van der Waals surface area contributed by atoms with E-state index in [2.05, 4.69) is 61.6 Å². The Balaban J connectivity index is 2.03. The highest BCUT2D eigenvalue weighted by Gasteiger charge is 2.13. The molecule has 0 saturated heterocycles. The van der Waals surface area contributed by atoms with E-state index in [0.29, 0.717) is 11.5 Å². The number of ether oxygens (including phenoxy) is 2. The minimum Gasteiger partial charge on any atom is -0.481 e. The summed E-state index contributed by atoms with van der Waals surface area (Å²) in [6, 6.07) is 11.1. The van der Waals surface area contributed by atoms with Crippen LogP contribution in [0.2, 0.25) is 0 Å². The molecule has 0 amide bonds. The summed E-state index contributed by atoms with van der Waals surface area (Å²) in [5.74, 6) is 0.956. The van der Waals surface area contributed by atoms with Gasteiger partial charge in [-0.2, -0.15) is 0 Å². The quantitative estimate of drug-likeness (QED) is 0.364. The van der Waals surface area contributed by atoms with Crippen LogP contribution in [0.3, 0.4) is 0 Å². The Morgan fingerprint density at radius 1 is 1.00 bits per heavy atom. The van der Waals surface area contributed by atoms with Crippen LogP contribution in [-0.2, 0) is 4.79 Å². The molecule has 0 aliphatic heterocycles. The number of hydrogen-bond donors (Lipinski definition) is 0. The molecule has 0 heterocycles. The zero-order valence-electron chi connectivity index (χ0n) is 12.6. The molecule has 2 aromatic rings. The van der Waals surface area contributed by atoms with Gasteiger partial charge in [0.15, 0.2) is 6.61 Å². The predicted octanol–water partition coefficient (Wildman–Crippen LogP) is 6.08. The van der Waals surface area contributed by atoms with E-state index in [1.807, 2.05) is 24.3 Å². The monoisotopic (exact) mass is 504 g/mol. The van der Waals surface area contributed by atoms with Crippen molar-refractivity contribution in [2.45, 2.75) is 19.8 Å². The Morgan fingerprint density at radius 3 is 2.22 bits per heavy atom. The van der Waals surface area contributed by atoms with Crippen molar-refractivity contribution >= 4 is 53.8 Å². The molecule has 3 nitrogen and oxygen atoms in total. The van der Waals surface area contributed by atoms with Crippen molar-refractivity contribution in [2.24, 2.45) is 0 Å². The number of carbonyl (C=O) groups is 1. The summed E-state index contributed by atoms with van der Waals surface area (Å²) in [6.45, 7) is 3.94. The van der Waals surface area contributed by atoms with Crippen molar-refractivity contribution < 1.29 is 14.3 Å². The highest BCUT2D eigenvalue weighted by atomic mass is 79.9. The van der Waals surface area contributed by atoms with Gasteiger partial charge in [0.25, 0.3) is 0 Å². The summed E-state index contributed by atoms with van der Waals surface area (Å²) in [5.41, 5.74) is 0.970. The summed E-state index contributed by atoms with van der Waals surface area (Å²) in [6.07, 6.45) is 0. The van der Waals surface area contributed by atoms with Crippen LogP contribution in [0.5, 0.6) is 11.5 Å². The van der Waals surface area contributed by atoms with Crippen LogP contribution in [0.25, 0.3) is 0 Å².